The van der Waals surface area contributed by atoms with Crippen molar-refractivity contribution in [2.24, 2.45) is 29.6 Å². The summed E-state index contributed by atoms with van der Waals surface area (Å²) in [5.41, 5.74) is 3.96. The van der Waals surface area contributed by atoms with Gasteiger partial charge in [0.25, 0.3) is 0 Å². The summed E-state index contributed by atoms with van der Waals surface area (Å²) in [6.45, 7) is 2.50. The molecule has 43 heavy (non-hydrogen) atoms. The van der Waals surface area contributed by atoms with Crippen LogP contribution in [0.4, 0.5) is 5.69 Å². The van der Waals surface area contributed by atoms with E-state index in [4.69, 9.17) is 9.47 Å². The first-order valence-corrected chi connectivity index (χ1v) is 16.3. The van der Waals surface area contributed by atoms with Crippen LogP contribution in [0.15, 0.2) is 82.6 Å². The number of thioether (sulfide) groups is 1. The normalized spacial score (nSPS) is 28.5. The fourth-order valence-electron chi connectivity index (χ4n) is 8.15. The van der Waals surface area contributed by atoms with Gasteiger partial charge in [-0.1, -0.05) is 59.9 Å². The van der Waals surface area contributed by atoms with Gasteiger partial charge < -0.3 is 14.5 Å². The van der Waals surface area contributed by atoms with Crippen LogP contribution < -0.4 is 19.2 Å². The summed E-state index contributed by atoms with van der Waals surface area (Å²) in [5.74, 6) is 0.635. The zero-order valence-electron chi connectivity index (χ0n) is 23.7. The lowest BCUT2D eigenvalue weighted by molar-refractivity contribution is -0.123. The van der Waals surface area contributed by atoms with Gasteiger partial charge in [0.1, 0.15) is 6.61 Å². The van der Waals surface area contributed by atoms with Crippen molar-refractivity contribution in [3.63, 3.8) is 0 Å². The third-order valence-electron chi connectivity index (χ3n) is 9.93. The molecular formula is C34H30N2O5S2. The predicted octanol–water partition coefficient (Wildman–Crippen LogP) is 6.01. The highest BCUT2D eigenvalue weighted by Gasteiger charge is 2.69. The maximum absolute atomic E-state index is 13.9. The molecule has 2 saturated carbocycles. The average Bonchev–Trinajstić information content (AvgIpc) is 3.76. The molecule has 7 atom stereocenters. The van der Waals surface area contributed by atoms with Crippen LogP contribution in [0.5, 0.6) is 11.5 Å². The summed E-state index contributed by atoms with van der Waals surface area (Å²) in [7, 11) is 1.64. The van der Waals surface area contributed by atoms with Crippen LogP contribution in [0.2, 0.25) is 0 Å². The molecule has 2 aliphatic carbocycles. The number of carbonyl (C=O) groups is 2. The number of amides is 2. The first kappa shape index (κ1) is 26.8. The zero-order valence-corrected chi connectivity index (χ0v) is 25.3. The van der Waals surface area contributed by atoms with Crippen molar-refractivity contribution >= 4 is 40.6 Å². The first-order chi connectivity index (χ1) is 20.9. The van der Waals surface area contributed by atoms with Gasteiger partial charge in [0.05, 0.1) is 29.7 Å². The highest BCUT2D eigenvalue weighted by molar-refractivity contribution is 8.00. The molecule has 3 aromatic carbocycles. The number of aryl methyl sites for hydroxylation is 1. The lowest BCUT2D eigenvalue weighted by Gasteiger charge is -2.43. The van der Waals surface area contributed by atoms with E-state index in [1.54, 1.807) is 18.9 Å². The Morgan fingerprint density at radius 3 is 2.42 bits per heavy atom. The SMILES string of the molecule is COc1cc(C2c3sc(=O)[nH]c3SC3C2[C@H]2C[C@@H]3C3C(=O)N(c4ccccc4)C(=O)C32)ccc1OCc1ccccc1C. The van der Waals surface area contributed by atoms with E-state index < -0.39 is 0 Å². The number of nitrogens with zero attached hydrogens (tertiary/aromatic N) is 1. The topological polar surface area (TPSA) is 88.7 Å². The lowest BCUT2D eigenvalue weighted by atomic mass is 9.68. The number of thiazole rings is 1. The summed E-state index contributed by atoms with van der Waals surface area (Å²) in [4.78, 5) is 45.8. The van der Waals surface area contributed by atoms with Crippen molar-refractivity contribution < 1.29 is 19.1 Å². The van der Waals surface area contributed by atoms with Gasteiger partial charge in [0.2, 0.25) is 11.8 Å². The van der Waals surface area contributed by atoms with Crippen molar-refractivity contribution in [3.8, 4) is 11.5 Å². The molecule has 1 aromatic heterocycles. The van der Waals surface area contributed by atoms with E-state index >= 15 is 0 Å². The quantitative estimate of drug-likeness (QED) is 0.269. The number of fused-ring (bicyclic) bond motifs is 9. The van der Waals surface area contributed by atoms with E-state index in [0.29, 0.717) is 23.8 Å². The number of benzene rings is 3. The van der Waals surface area contributed by atoms with Gasteiger partial charge in [-0.25, -0.2) is 0 Å². The molecule has 5 unspecified atom stereocenters. The molecule has 1 saturated heterocycles. The number of aromatic amines is 1. The Kier molecular flexibility index (Phi) is 6.31. The molecule has 1 N–H and O–H groups in total. The third-order valence-corrected chi connectivity index (χ3v) is 12.5. The number of carbonyl (C=O) groups excluding carboxylic acids is 2. The minimum Gasteiger partial charge on any atom is -0.493 e. The van der Waals surface area contributed by atoms with Gasteiger partial charge in [-0.2, -0.15) is 0 Å². The number of hydrogen-bond acceptors (Lipinski definition) is 7. The lowest BCUT2D eigenvalue weighted by Crippen LogP contribution is -2.42. The Bertz CT molecular complexity index is 1820. The Morgan fingerprint density at radius 1 is 0.907 bits per heavy atom. The Labute approximate surface area is 257 Å². The summed E-state index contributed by atoms with van der Waals surface area (Å²) >= 11 is 2.95. The van der Waals surface area contributed by atoms with Crippen LogP contribution in [0.1, 0.15) is 33.9 Å². The number of para-hydroxylation sites is 1. The van der Waals surface area contributed by atoms with Gasteiger partial charge in [0, 0.05) is 16.0 Å². The predicted molar refractivity (Wildman–Crippen MR) is 166 cm³/mol. The van der Waals surface area contributed by atoms with Crippen LogP contribution in [-0.2, 0) is 16.2 Å². The van der Waals surface area contributed by atoms with Gasteiger partial charge in [-0.05, 0) is 72.1 Å². The van der Waals surface area contributed by atoms with Gasteiger partial charge in [0.15, 0.2) is 11.5 Å². The number of rotatable bonds is 6. The van der Waals surface area contributed by atoms with Crippen molar-refractivity contribution in [1.29, 1.82) is 0 Å². The molecular weight excluding hydrogens is 581 g/mol. The molecule has 2 amide bonds. The Hall–Kier alpha value is -3.82. The molecule has 4 aliphatic rings. The van der Waals surface area contributed by atoms with E-state index in [9.17, 15) is 14.4 Å². The molecule has 2 bridgehead atoms. The summed E-state index contributed by atoms with van der Waals surface area (Å²) in [6, 6.07) is 23.5. The van der Waals surface area contributed by atoms with Crippen LogP contribution in [0.3, 0.4) is 0 Å². The molecule has 3 fully saturated rings. The van der Waals surface area contributed by atoms with E-state index in [1.807, 2.05) is 54.6 Å². The van der Waals surface area contributed by atoms with E-state index in [2.05, 4.69) is 30.1 Å². The molecule has 3 heterocycles. The van der Waals surface area contributed by atoms with E-state index in [0.717, 1.165) is 27.5 Å². The van der Waals surface area contributed by atoms with Crippen LogP contribution in [0, 0.1) is 36.5 Å². The minimum atomic E-state index is -0.335. The summed E-state index contributed by atoms with van der Waals surface area (Å²) in [6.07, 6.45) is 0.849. The molecule has 2 aliphatic heterocycles. The van der Waals surface area contributed by atoms with E-state index in [1.165, 1.54) is 21.8 Å². The van der Waals surface area contributed by atoms with Crippen LogP contribution >= 0.6 is 23.1 Å². The number of imide groups is 1. The standard InChI is InChI=1S/C34H30N2O5S2/c1-17-8-6-7-9-19(17)16-41-23-13-12-18(14-24(23)40-2)25-26-21-15-22(29(26)42-31-30(25)43-34(39)35-31)28-27(21)32(37)36(33(28)38)20-10-4-3-5-11-20/h3-14,21-22,25-29H,15-16H2,1-2H3,(H,35,39)/t21-,22-,25?,26?,27?,28?,29?/m1/s1. The minimum absolute atomic E-state index is 0.0518. The first-order valence-electron chi connectivity index (χ1n) is 14.6. The second-order valence-electron chi connectivity index (χ2n) is 11.9. The van der Waals surface area contributed by atoms with Crippen molar-refractivity contribution in [3.05, 3.63) is 104 Å². The maximum atomic E-state index is 13.9. The largest absolute Gasteiger partial charge is 0.493 e. The van der Waals surface area contributed by atoms with Crippen molar-refractivity contribution in [2.75, 3.05) is 12.0 Å². The number of hydrogen-bond donors (Lipinski definition) is 1. The third kappa shape index (κ3) is 4.04. The monoisotopic (exact) mass is 610 g/mol. The summed E-state index contributed by atoms with van der Waals surface area (Å²) in [5, 5.41) is 1.02. The summed E-state index contributed by atoms with van der Waals surface area (Å²) < 4.78 is 12.0. The number of H-pyrrole nitrogens is 1. The van der Waals surface area contributed by atoms with Crippen LogP contribution in [-0.4, -0.2) is 29.2 Å². The fourth-order valence-corrected chi connectivity index (χ4v) is 11.0. The number of ether oxygens (including phenoxy) is 2. The van der Waals surface area contributed by atoms with Gasteiger partial charge in [-0.3, -0.25) is 19.3 Å². The van der Waals surface area contributed by atoms with Gasteiger partial charge >= 0.3 is 4.87 Å². The molecule has 8 rings (SSSR count). The van der Waals surface area contributed by atoms with Crippen molar-refractivity contribution in [1.82, 2.24) is 4.98 Å². The second kappa shape index (κ2) is 10.1. The highest BCUT2D eigenvalue weighted by Crippen LogP contribution is 2.68. The van der Waals surface area contributed by atoms with Crippen molar-refractivity contribution in [2.45, 2.75) is 36.1 Å². The Morgan fingerprint density at radius 2 is 1.65 bits per heavy atom. The average molecular weight is 611 g/mol. The maximum Gasteiger partial charge on any atom is 0.305 e. The smallest absolute Gasteiger partial charge is 0.305 e. The molecule has 0 spiro atoms. The van der Waals surface area contributed by atoms with E-state index in [-0.39, 0.29) is 57.4 Å². The molecule has 218 valence electrons. The molecule has 9 heteroatoms. The molecule has 4 aromatic rings. The Balaban J connectivity index is 1.16. The highest BCUT2D eigenvalue weighted by atomic mass is 32.2. The number of nitrogens with one attached hydrogen (secondary N) is 1. The molecule has 0 radical (unpaired) electrons. The number of anilines is 1. The number of aromatic nitrogens is 1. The van der Waals surface area contributed by atoms with Crippen LogP contribution in [0.25, 0.3) is 0 Å². The zero-order chi connectivity index (χ0) is 29.4. The van der Waals surface area contributed by atoms with Gasteiger partial charge in [-0.15, -0.1) is 11.8 Å². The fraction of sp³-hybridized carbons (Fsp3) is 0.324. The second-order valence-corrected chi connectivity index (χ2v) is 14.1. The molecule has 7 nitrogen and oxygen atoms in total. The number of methoxy groups -OCH3 is 1.